The Morgan fingerprint density at radius 1 is 0.794 bits per heavy atom. The first-order chi connectivity index (χ1) is 16.7. The Labute approximate surface area is 203 Å². The summed E-state index contributed by atoms with van der Waals surface area (Å²) in [7, 11) is 1.62. The van der Waals surface area contributed by atoms with Crippen molar-refractivity contribution in [2.45, 2.75) is 5.37 Å². The second-order valence-corrected chi connectivity index (χ2v) is 8.85. The summed E-state index contributed by atoms with van der Waals surface area (Å²) in [5, 5.41) is -0.194. The normalized spacial score (nSPS) is 16.6. The predicted octanol–water partition coefficient (Wildman–Crippen LogP) is 7.31. The van der Waals surface area contributed by atoms with Gasteiger partial charge in [-0.2, -0.15) is 0 Å². The first-order valence-corrected chi connectivity index (χ1v) is 11.8. The van der Waals surface area contributed by atoms with Crippen molar-refractivity contribution < 1.29 is 14.3 Å². The molecule has 4 aromatic rings. The van der Waals surface area contributed by atoms with Gasteiger partial charge in [-0.3, -0.25) is 9.69 Å². The smallest absolute Gasteiger partial charge is 0.266 e. The van der Waals surface area contributed by atoms with Crippen LogP contribution in [0.3, 0.4) is 0 Å². The first kappa shape index (κ1) is 21.9. The van der Waals surface area contributed by atoms with Crippen LogP contribution in [0.5, 0.6) is 17.2 Å². The molecule has 1 heterocycles. The van der Waals surface area contributed by atoms with E-state index in [1.807, 2.05) is 120 Å². The van der Waals surface area contributed by atoms with Crippen molar-refractivity contribution in [1.29, 1.82) is 0 Å². The van der Waals surface area contributed by atoms with E-state index in [1.165, 1.54) is 11.8 Å². The summed E-state index contributed by atoms with van der Waals surface area (Å²) in [5.74, 6) is 2.09. The van der Waals surface area contributed by atoms with Gasteiger partial charge in [0.1, 0.15) is 22.6 Å². The standard InChI is InChI=1S/C29H23NO3S/c1-32-26-18-9-8-17-25(26)30-28(31)27(34-29(30)22-12-4-2-5-13-22)20-21-11-10-16-24(19-21)33-23-14-6-3-7-15-23/h2-20,29H,1H3/b27-20-. The zero-order chi connectivity index (χ0) is 23.3. The second-order valence-electron chi connectivity index (χ2n) is 7.72. The molecule has 5 rings (SSSR count). The van der Waals surface area contributed by atoms with Gasteiger partial charge in [0.2, 0.25) is 0 Å². The summed E-state index contributed by atoms with van der Waals surface area (Å²) < 4.78 is 11.6. The fourth-order valence-corrected chi connectivity index (χ4v) is 5.14. The third-order valence-electron chi connectivity index (χ3n) is 5.47. The largest absolute Gasteiger partial charge is 0.495 e. The lowest BCUT2D eigenvalue weighted by molar-refractivity contribution is -0.114. The summed E-state index contributed by atoms with van der Waals surface area (Å²) in [6, 6.07) is 35.1. The highest BCUT2D eigenvalue weighted by Gasteiger charge is 2.39. The van der Waals surface area contributed by atoms with E-state index in [9.17, 15) is 4.79 Å². The Balaban J connectivity index is 1.50. The molecule has 1 saturated heterocycles. The van der Waals surface area contributed by atoms with Crippen molar-refractivity contribution in [2.75, 3.05) is 12.0 Å². The maximum atomic E-state index is 13.7. The van der Waals surface area contributed by atoms with Crippen molar-refractivity contribution in [3.63, 3.8) is 0 Å². The number of nitrogens with zero attached hydrogens (tertiary/aromatic N) is 1. The fourth-order valence-electron chi connectivity index (χ4n) is 3.89. The van der Waals surface area contributed by atoms with Crippen molar-refractivity contribution in [3.8, 4) is 17.2 Å². The van der Waals surface area contributed by atoms with Crippen LogP contribution in [-0.2, 0) is 4.79 Å². The van der Waals surface area contributed by atoms with Crippen LogP contribution >= 0.6 is 11.8 Å². The van der Waals surface area contributed by atoms with Crippen LogP contribution in [0.2, 0.25) is 0 Å². The molecule has 1 unspecified atom stereocenters. The molecule has 34 heavy (non-hydrogen) atoms. The van der Waals surface area contributed by atoms with Crippen LogP contribution in [0.15, 0.2) is 114 Å². The van der Waals surface area contributed by atoms with Gasteiger partial charge in [-0.1, -0.05) is 84.6 Å². The molecule has 168 valence electrons. The number of amides is 1. The van der Waals surface area contributed by atoms with E-state index < -0.39 is 0 Å². The molecule has 0 radical (unpaired) electrons. The molecule has 0 saturated carbocycles. The number of carbonyl (C=O) groups excluding carboxylic acids is 1. The third kappa shape index (κ3) is 4.56. The minimum atomic E-state index is -0.194. The van der Waals surface area contributed by atoms with Gasteiger partial charge in [-0.25, -0.2) is 0 Å². The zero-order valence-electron chi connectivity index (χ0n) is 18.6. The van der Waals surface area contributed by atoms with E-state index in [4.69, 9.17) is 9.47 Å². The van der Waals surface area contributed by atoms with E-state index in [2.05, 4.69) is 0 Å². The minimum absolute atomic E-state index is 0.0577. The highest BCUT2D eigenvalue weighted by atomic mass is 32.2. The van der Waals surface area contributed by atoms with Crippen LogP contribution in [0.25, 0.3) is 6.08 Å². The monoisotopic (exact) mass is 465 g/mol. The summed E-state index contributed by atoms with van der Waals surface area (Å²) in [5.41, 5.74) is 2.70. The summed E-state index contributed by atoms with van der Waals surface area (Å²) in [4.78, 5) is 16.2. The fraction of sp³-hybridized carbons (Fsp3) is 0.0690. The molecular weight excluding hydrogens is 442 g/mol. The molecule has 4 aromatic carbocycles. The molecule has 0 N–H and O–H groups in total. The van der Waals surface area contributed by atoms with E-state index in [-0.39, 0.29) is 11.3 Å². The second kappa shape index (κ2) is 9.89. The number of hydrogen-bond donors (Lipinski definition) is 0. The number of rotatable bonds is 6. The molecule has 5 heteroatoms. The highest BCUT2D eigenvalue weighted by molar-refractivity contribution is 8.05. The minimum Gasteiger partial charge on any atom is -0.495 e. The van der Waals surface area contributed by atoms with E-state index in [0.29, 0.717) is 10.7 Å². The maximum Gasteiger partial charge on any atom is 0.266 e. The van der Waals surface area contributed by atoms with Gasteiger partial charge in [0, 0.05) is 0 Å². The van der Waals surface area contributed by atoms with Crippen molar-refractivity contribution in [1.82, 2.24) is 0 Å². The summed E-state index contributed by atoms with van der Waals surface area (Å²) >= 11 is 1.54. The van der Waals surface area contributed by atoms with Gasteiger partial charge in [0.05, 0.1) is 17.7 Å². The molecule has 0 bridgehead atoms. The molecule has 4 nitrogen and oxygen atoms in total. The number of para-hydroxylation sites is 3. The van der Waals surface area contributed by atoms with Gasteiger partial charge < -0.3 is 9.47 Å². The average Bonchev–Trinajstić information content (AvgIpc) is 3.21. The lowest BCUT2D eigenvalue weighted by Gasteiger charge is -2.25. The van der Waals surface area contributed by atoms with Crippen molar-refractivity contribution in [3.05, 3.63) is 125 Å². The van der Waals surface area contributed by atoms with Gasteiger partial charge in [-0.05, 0) is 53.6 Å². The van der Waals surface area contributed by atoms with Crippen LogP contribution in [0, 0.1) is 0 Å². The Kier molecular flexibility index (Phi) is 6.36. The van der Waals surface area contributed by atoms with Gasteiger partial charge in [-0.15, -0.1) is 0 Å². The van der Waals surface area contributed by atoms with Gasteiger partial charge in [0.15, 0.2) is 0 Å². The van der Waals surface area contributed by atoms with Crippen molar-refractivity contribution in [2.24, 2.45) is 0 Å². The molecular formula is C29H23NO3S. The molecule has 1 atom stereocenters. The highest BCUT2D eigenvalue weighted by Crippen LogP contribution is 2.50. The SMILES string of the molecule is COc1ccccc1N1C(=O)/C(=C/c2cccc(Oc3ccccc3)c2)SC1c1ccccc1. The van der Waals surface area contributed by atoms with E-state index in [1.54, 1.807) is 7.11 Å². The average molecular weight is 466 g/mol. The van der Waals surface area contributed by atoms with Crippen LogP contribution < -0.4 is 14.4 Å². The number of hydrogen-bond acceptors (Lipinski definition) is 4. The number of anilines is 1. The Hall–Kier alpha value is -3.96. The third-order valence-corrected chi connectivity index (χ3v) is 6.72. The molecule has 0 spiro atoms. The number of ether oxygens (including phenoxy) is 2. The Bertz CT molecular complexity index is 1320. The number of methoxy groups -OCH3 is 1. The summed E-state index contributed by atoms with van der Waals surface area (Å²) in [6.45, 7) is 0. The molecule has 1 fully saturated rings. The molecule has 1 aliphatic rings. The van der Waals surface area contributed by atoms with Crippen LogP contribution in [0.1, 0.15) is 16.5 Å². The van der Waals surface area contributed by atoms with Crippen LogP contribution in [-0.4, -0.2) is 13.0 Å². The molecule has 0 aromatic heterocycles. The van der Waals surface area contributed by atoms with Crippen LogP contribution in [0.4, 0.5) is 5.69 Å². The number of thioether (sulfide) groups is 1. The summed E-state index contributed by atoms with van der Waals surface area (Å²) in [6.07, 6.45) is 1.93. The molecule has 1 amide bonds. The van der Waals surface area contributed by atoms with Gasteiger partial charge in [0.25, 0.3) is 5.91 Å². The quantitative estimate of drug-likeness (QED) is 0.280. The first-order valence-electron chi connectivity index (χ1n) is 11.0. The Morgan fingerprint density at radius 3 is 2.24 bits per heavy atom. The number of benzene rings is 4. The zero-order valence-corrected chi connectivity index (χ0v) is 19.4. The van der Waals surface area contributed by atoms with Crippen molar-refractivity contribution >= 4 is 29.4 Å². The van der Waals surface area contributed by atoms with E-state index >= 15 is 0 Å². The maximum absolute atomic E-state index is 13.7. The topological polar surface area (TPSA) is 38.8 Å². The van der Waals surface area contributed by atoms with E-state index in [0.717, 1.165) is 28.3 Å². The van der Waals surface area contributed by atoms with Gasteiger partial charge >= 0.3 is 0 Å². The lowest BCUT2D eigenvalue weighted by Crippen LogP contribution is -2.27. The Morgan fingerprint density at radius 2 is 1.47 bits per heavy atom. The number of carbonyl (C=O) groups is 1. The predicted molar refractivity (Wildman–Crippen MR) is 138 cm³/mol. The molecule has 0 aliphatic carbocycles. The lowest BCUT2D eigenvalue weighted by atomic mass is 10.1. The molecule has 1 aliphatic heterocycles.